The molecule has 0 amide bonds. The minimum atomic E-state index is -1.05. The van der Waals surface area contributed by atoms with Gasteiger partial charge in [-0.25, -0.2) is 9.38 Å². The average molecular weight is 525 g/mol. The number of rotatable bonds is 8. The number of hydrogen-bond acceptors (Lipinski definition) is 8. The molecule has 3 aliphatic rings. The number of carbonyl (C=O) groups excluding carboxylic acids is 1. The Kier molecular flexibility index (Phi) is 7.62. The van der Waals surface area contributed by atoms with E-state index in [1.807, 2.05) is 18.0 Å². The third-order valence-electron chi connectivity index (χ3n) is 7.35. The molecule has 2 heterocycles. The number of carboxylic acid groups (broad SMARTS) is 1. The molecule has 2 atom stereocenters. The number of nitrogens with one attached hydrogen (secondary N) is 1. The Bertz CT molecular complexity index is 1250. The molecule has 0 radical (unpaired) electrons. The molecule has 1 saturated carbocycles. The fourth-order valence-electron chi connectivity index (χ4n) is 5.06. The van der Waals surface area contributed by atoms with Crippen molar-refractivity contribution in [2.45, 2.75) is 50.3 Å². The molecular weight excluding hydrogens is 491 g/mol. The molecular formula is C28H33FN4O5. The van der Waals surface area contributed by atoms with Crippen LogP contribution in [0.25, 0.3) is 0 Å². The first kappa shape index (κ1) is 26.1. The summed E-state index contributed by atoms with van der Waals surface area (Å²) in [5, 5.41) is 12.4. The van der Waals surface area contributed by atoms with Crippen molar-refractivity contribution in [1.82, 2.24) is 9.80 Å². The molecule has 1 unspecified atom stereocenters. The molecule has 9 nitrogen and oxygen atoms in total. The molecule has 1 aliphatic carbocycles. The van der Waals surface area contributed by atoms with Crippen molar-refractivity contribution in [3.63, 3.8) is 0 Å². The smallest absolute Gasteiger partial charge is 0.308 e. The standard InChI is InChI=1S/C28H33FN4O5/c1-32-16-25(38-27(36)10-9-26(34)35)33(15-20(32)11-12-37-2)28-21-13-18(17-3-4-17)5-7-22(21)30-24-14-19(29)6-8-23(24)31-28/h5-8,13-14,17,20,25,30H,3-4,9-12,15-16H2,1-2H3,(H,34,35)/t20-,25?/m0/s1. The van der Waals surface area contributed by atoms with Crippen LogP contribution in [0.1, 0.15) is 49.1 Å². The summed E-state index contributed by atoms with van der Waals surface area (Å²) in [6.45, 7) is 1.50. The highest BCUT2D eigenvalue weighted by molar-refractivity contribution is 6.08. The van der Waals surface area contributed by atoms with E-state index in [1.54, 1.807) is 13.2 Å². The largest absolute Gasteiger partial charge is 0.481 e. The number of carboxylic acids is 1. The highest BCUT2D eigenvalue weighted by atomic mass is 19.1. The second-order valence-electron chi connectivity index (χ2n) is 10.2. The number of esters is 1. The topological polar surface area (TPSA) is 104 Å². The van der Waals surface area contributed by atoms with E-state index in [1.165, 1.54) is 17.7 Å². The Morgan fingerprint density at radius 1 is 1.13 bits per heavy atom. The first-order valence-electron chi connectivity index (χ1n) is 13.0. The third-order valence-corrected chi connectivity index (χ3v) is 7.35. The van der Waals surface area contributed by atoms with Crippen LogP contribution >= 0.6 is 0 Å². The number of fused-ring (bicyclic) bond motifs is 2. The maximum Gasteiger partial charge on any atom is 0.308 e. The van der Waals surface area contributed by atoms with Crippen LogP contribution in [-0.4, -0.2) is 78.8 Å². The van der Waals surface area contributed by atoms with Crippen LogP contribution in [0.15, 0.2) is 41.4 Å². The monoisotopic (exact) mass is 524 g/mol. The number of hydrogen-bond donors (Lipinski definition) is 2. The summed E-state index contributed by atoms with van der Waals surface area (Å²) in [6.07, 6.45) is 1.86. The Morgan fingerprint density at radius 2 is 1.95 bits per heavy atom. The summed E-state index contributed by atoms with van der Waals surface area (Å²) < 4.78 is 25.4. The number of benzene rings is 2. The normalized spacial score (nSPS) is 21.0. The number of aliphatic carboxylic acids is 1. The van der Waals surface area contributed by atoms with Gasteiger partial charge in [0.15, 0.2) is 6.23 Å². The highest BCUT2D eigenvalue weighted by Crippen LogP contribution is 2.43. The maximum atomic E-state index is 14.2. The molecule has 0 bridgehead atoms. The van der Waals surface area contributed by atoms with Crippen LogP contribution in [0.2, 0.25) is 0 Å². The maximum absolute atomic E-state index is 14.2. The van der Waals surface area contributed by atoms with E-state index < -0.39 is 18.2 Å². The lowest BCUT2D eigenvalue weighted by molar-refractivity contribution is -0.163. The second-order valence-corrected chi connectivity index (χ2v) is 10.2. The van der Waals surface area contributed by atoms with Crippen molar-refractivity contribution in [3.05, 3.63) is 53.3 Å². The van der Waals surface area contributed by atoms with Gasteiger partial charge in [-0.15, -0.1) is 0 Å². The predicted molar refractivity (Wildman–Crippen MR) is 141 cm³/mol. The van der Waals surface area contributed by atoms with Gasteiger partial charge < -0.3 is 24.8 Å². The lowest BCUT2D eigenvalue weighted by atomic mass is 10.0. The molecule has 10 heteroatoms. The first-order chi connectivity index (χ1) is 18.3. The summed E-state index contributed by atoms with van der Waals surface area (Å²) in [5.74, 6) is -0.852. The third kappa shape index (κ3) is 5.81. The summed E-state index contributed by atoms with van der Waals surface area (Å²) >= 11 is 0. The Balaban J connectivity index is 1.56. The lowest BCUT2D eigenvalue weighted by Crippen LogP contribution is -2.60. The number of aliphatic imine (C=N–C) groups is 1. The van der Waals surface area contributed by atoms with E-state index >= 15 is 0 Å². The van der Waals surface area contributed by atoms with Crippen molar-refractivity contribution in [3.8, 4) is 0 Å². The molecule has 38 heavy (non-hydrogen) atoms. The van der Waals surface area contributed by atoms with E-state index in [-0.39, 0.29) is 24.7 Å². The molecule has 1 saturated heterocycles. The van der Waals surface area contributed by atoms with Crippen molar-refractivity contribution in [2.75, 3.05) is 39.2 Å². The zero-order chi connectivity index (χ0) is 26.8. The molecule has 202 valence electrons. The van der Waals surface area contributed by atoms with E-state index in [0.29, 0.717) is 42.8 Å². The number of ether oxygens (including phenoxy) is 2. The summed E-state index contributed by atoms with van der Waals surface area (Å²) in [7, 11) is 3.64. The van der Waals surface area contributed by atoms with Gasteiger partial charge in [0.05, 0.1) is 30.8 Å². The molecule has 0 spiro atoms. The number of halogens is 1. The predicted octanol–water partition coefficient (Wildman–Crippen LogP) is 4.23. The fraction of sp³-hybridized carbons (Fsp3) is 0.464. The molecule has 2 aromatic rings. The zero-order valence-corrected chi connectivity index (χ0v) is 21.7. The average Bonchev–Trinajstić information content (AvgIpc) is 3.74. The van der Waals surface area contributed by atoms with E-state index in [4.69, 9.17) is 19.6 Å². The molecule has 5 rings (SSSR count). The lowest BCUT2D eigenvalue weighted by Gasteiger charge is -2.45. The number of carbonyl (C=O) groups is 2. The van der Waals surface area contributed by atoms with Crippen molar-refractivity contribution in [2.24, 2.45) is 4.99 Å². The number of amidine groups is 1. The molecule has 2 aliphatic heterocycles. The molecule has 2 N–H and O–H groups in total. The van der Waals surface area contributed by atoms with Gasteiger partial charge in [0.25, 0.3) is 0 Å². The van der Waals surface area contributed by atoms with Crippen LogP contribution in [0, 0.1) is 5.82 Å². The van der Waals surface area contributed by atoms with Crippen LogP contribution in [-0.2, 0) is 19.1 Å². The fourth-order valence-corrected chi connectivity index (χ4v) is 5.06. The van der Waals surface area contributed by atoms with Crippen LogP contribution in [0.3, 0.4) is 0 Å². The van der Waals surface area contributed by atoms with Crippen LogP contribution in [0.5, 0.6) is 0 Å². The minimum absolute atomic E-state index is 0.102. The minimum Gasteiger partial charge on any atom is -0.481 e. The summed E-state index contributed by atoms with van der Waals surface area (Å²) in [4.78, 5) is 32.8. The number of likely N-dealkylation sites (N-methyl/N-ethyl adjacent to an activating group) is 1. The quantitative estimate of drug-likeness (QED) is 0.495. The van der Waals surface area contributed by atoms with E-state index in [0.717, 1.165) is 30.5 Å². The van der Waals surface area contributed by atoms with Gasteiger partial charge in [0.2, 0.25) is 0 Å². The molecule has 0 aromatic heterocycles. The number of nitrogens with zero attached hydrogens (tertiary/aromatic N) is 3. The van der Waals surface area contributed by atoms with Crippen molar-refractivity contribution >= 4 is 34.8 Å². The Morgan fingerprint density at radius 3 is 2.68 bits per heavy atom. The summed E-state index contributed by atoms with van der Waals surface area (Å²) in [5.41, 5.74) is 4.00. The number of piperazine rings is 1. The van der Waals surface area contributed by atoms with Gasteiger partial charge in [-0.3, -0.25) is 14.5 Å². The second kappa shape index (κ2) is 11.1. The summed E-state index contributed by atoms with van der Waals surface area (Å²) in [6, 6.07) is 10.8. The van der Waals surface area contributed by atoms with Gasteiger partial charge in [0, 0.05) is 37.6 Å². The SMILES string of the molecule is COCC[C@H]1CN(C2=Nc3ccc(F)cc3Nc3ccc(C4CC4)cc32)C(OC(=O)CCC(=O)O)CN1C. The van der Waals surface area contributed by atoms with Crippen LogP contribution in [0.4, 0.5) is 21.5 Å². The van der Waals surface area contributed by atoms with Gasteiger partial charge in [0.1, 0.15) is 11.7 Å². The van der Waals surface area contributed by atoms with Crippen molar-refractivity contribution in [1.29, 1.82) is 0 Å². The Hall–Kier alpha value is -3.50. The van der Waals surface area contributed by atoms with Crippen LogP contribution < -0.4 is 5.32 Å². The zero-order valence-electron chi connectivity index (χ0n) is 21.7. The molecule has 2 aromatic carbocycles. The van der Waals surface area contributed by atoms with Gasteiger partial charge in [-0.05, 0) is 68.1 Å². The number of methoxy groups -OCH3 is 1. The van der Waals surface area contributed by atoms with E-state index in [9.17, 15) is 14.0 Å². The highest BCUT2D eigenvalue weighted by Gasteiger charge is 2.38. The molecule has 2 fully saturated rings. The number of anilines is 2. The first-order valence-corrected chi connectivity index (χ1v) is 13.0. The van der Waals surface area contributed by atoms with Gasteiger partial charge in [-0.2, -0.15) is 0 Å². The Labute approximate surface area is 221 Å². The van der Waals surface area contributed by atoms with Gasteiger partial charge >= 0.3 is 11.9 Å². The van der Waals surface area contributed by atoms with Gasteiger partial charge in [-0.1, -0.05) is 6.07 Å². The van der Waals surface area contributed by atoms with E-state index in [2.05, 4.69) is 22.3 Å². The van der Waals surface area contributed by atoms with Crippen molar-refractivity contribution < 1.29 is 28.6 Å².